The summed E-state index contributed by atoms with van der Waals surface area (Å²) in [5.41, 5.74) is 1.17. The van der Waals surface area contributed by atoms with E-state index in [1.165, 1.54) is 6.20 Å². The number of aromatic carboxylic acids is 1. The molecule has 7 heteroatoms. The van der Waals surface area contributed by atoms with Crippen molar-refractivity contribution < 1.29 is 15.0 Å². The Labute approximate surface area is 167 Å². The van der Waals surface area contributed by atoms with Gasteiger partial charge in [0.05, 0.1) is 24.4 Å². The molecule has 28 heavy (non-hydrogen) atoms. The van der Waals surface area contributed by atoms with Crippen molar-refractivity contribution in [3.05, 3.63) is 74.8 Å². The Morgan fingerprint density at radius 3 is 2.64 bits per heavy atom. The summed E-state index contributed by atoms with van der Waals surface area (Å²) in [6, 6.07) is 8.59. The maximum atomic E-state index is 12.8. The summed E-state index contributed by atoms with van der Waals surface area (Å²) < 4.78 is 1.64. The van der Waals surface area contributed by atoms with Crippen LogP contribution in [0.2, 0.25) is 5.02 Å². The third-order valence-corrected chi connectivity index (χ3v) is 5.03. The van der Waals surface area contributed by atoms with Crippen molar-refractivity contribution in [2.24, 2.45) is 5.92 Å². The number of rotatable bonds is 6. The number of halogens is 1. The summed E-state index contributed by atoms with van der Waals surface area (Å²) in [5, 5.41) is 20.2. The standard InChI is InChI=1S/C21H21ClN2O4/c1-12(2)19(11-25)24-10-17(21(27)28)20(26)16-8-15(23-9-18(16)24)7-13-4-3-5-14(22)6-13/h3-6,8-10,12,19,25H,7,11H2,1-2H3,(H,27,28)/t19-/m1/s1. The maximum absolute atomic E-state index is 12.8. The molecule has 3 rings (SSSR count). The van der Waals surface area contributed by atoms with Gasteiger partial charge in [0, 0.05) is 28.7 Å². The molecular weight excluding hydrogens is 380 g/mol. The molecule has 0 aliphatic rings. The van der Waals surface area contributed by atoms with Gasteiger partial charge in [-0.2, -0.15) is 0 Å². The summed E-state index contributed by atoms with van der Waals surface area (Å²) >= 11 is 6.03. The fourth-order valence-electron chi connectivity index (χ4n) is 3.29. The van der Waals surface area contributed by atoms with Gasteiger partial charge in [0.15, 0.2) is 0 Å². The van der Waals surface area contributed by atoms with Gasteiger partial charge in [-0.25, -0.2) is 4.79 Å². The number of hydrogen-bond acceptors (Lipinski definition) is 4. The molecular formula is C21H21ClN2O4. The molecule has 0 unspecified atom stereocenters. The van der Waals surface area contributed by atoms with Crippen molar-refractivity contribution in [3.63, 3.8) is 0 Å². The molecule has 0 aliphatic heterocycles. The van der Waals surface area contributed by atoms with E-state index in [2.05, 4.69) is 4.98 Å². The summed E-state index contributed by atoms with van der Waals surface area (Å²) in [6.45, 7) is 3.66. The van der Waals surface area contributed by atoms with Crippen molar-refractivity contribution in [3.8, 4) is 0 Å². The van der Waals surface area contributed by atoms with Gasteiger partial charge in [-0.05, 0) is 29.7 Å². The van der Waals surface area contributed by atoms with Gasteiger partial charge in [-0.15, -0.1) is 0 Å². The Morgan fingerprint density at radius 2 is 2.04 bits per heavy atom. The van der Waals surface area contributed by atoms with Crippen LogP contribution < -0.4 is 5.43 Å². The minimum absolute atomic E-state index is 0.0310. The third kappa shape index (κ3) is 3.93. The van der Waals surface area contributed by atoms with Gasteiger partial charge < -0.3 is 14.8 Å². The van der Waals surface area contributed by atoms with E-state index in [0.717, 1.165) is 5.56 Å². The fraction of sp³-hybridized carbons (Fsp3) is 0.286. The second-order valence-electron chi connectivity index (χ2n) is 7.08. The van der Waals surface area contributed by atoms with Gasteiger partial charge in [0.1, 0.15) is 5.56 Å². The highest BCUT2D eigenvalue weighted by molar-refractivity contribution is 6.30. The lowest BCUT2D eigenvalue weighted by molar-refractivity contribution is 0.0694. The molecule has 0 spiro atoms. The van der Waals surface area contributed by atoms with E-state index < -0.39 is 11.4 Å². The minimum Gasteiger partial charge on any atom is -0.477 e. The number of fused-ring (bicyclic) bond motifs is 1. The Hall–Kier alpha value is -2.70. The summed E-state index contributed by atoms with van der Waals surface area (Å²) in [5.74, 6) is -1.27. The molecule has 2 aromatic heterocycles. The normalized spacial score (nSPS) is 12.5. The quantitative estimate of drug-likeness (QED) is 0.660. The van der Waals surface area contributed by atoms with Crippen LogP contribution in [0.3, 0.4) is 0 Å². The molecule has 0 fully saturated rings. The van der Waals surface area contributed by atoms with E-state index >= 15 is 0 Å². The number of aromatic nitrogens is 2. The number of benzene rings is 1. The Kier molecular flexibility index (Phi) is 5.82. The lowest BCUT2D eigenvalue weighted by Crippen LogP contribution is -2.25. The highest BCUT2D eigenvalue weighted by Gasteiger charge is 2.21. The second kappa shape index (κ2) is 8.12. The molecule has 0 amide bonds. The number of aliphatic hydroxyl groups is 1. The molecule has 1 aromatic carbocycles. The summed E-state index contributed by atoms with van der Waals surface area (Å²) in [6.07, 6.45) is 3.32. The van der Waals surface area contributed by atoms with E-state index in [1.54, 1.807) is 22.9 Å². The molecule has 6 nitrogen and oxygen atoms in total. The van der Waals surface area contributed by atoms with Crippen LogP contribution in [0.25, 0.3) is 10.9 Å². The Morgan fingerprint density at radius 1 is 1.29 bits per heavy atom. The number of carboxylic acid groups (broad SMARTS) is 1. The molecule has 0 saturated carbocycles. The molecule has 2 heterocycles. The van der Waals surface area contributed by atoms with Crippen LogP contribution >= 0.6 is 11.6 Å². The lowest BCUT2D eigenvalue weighted by atomic mass is 10.0. The number of nitrogens with zero attached hydrogens (tertiary/aromatic N) is 2. The summed E-state index contributed by atoms with van der Waals surface area (Å²) in [4.78, 5) is 28.8. The zero-order chi connectivity index (χ0) is 20.4. The van der Waals surface area contributed by atoms with E-state index in [0.29, 0.717) is 22.7 Å². The molecule has 146 valence electrons. The molecule has 2 N–H and O–H groups in total. The van der Waals surface area contributed by atoms with Crippen LogP contribution in [0.5, 0.6) is 0 Å². The number of carboxylic acids is 1. The third-order valence-electron chi connectivity index (χ3n) is 4.79. The van der Waals surface area contributed by atoms with E-state index in [4.69, 9.17) is 11.6 Å². The first-order valence-corrected chi connectivity index (χ1v) is 9.32. The van der Waals surface area contributed by atoms with Crippen molar-refractivity contribution >= 4 is 28.5 Å². The number of carbonyl (C=O) groups is 1. The van der Waals surface area contributed by atoms with Gasteiger partial charge >= 0.3 is 5.97 Å². The smallest absolute Gasteiger partial charge is 0.341 e. The van der Waals surface area contributed by atoms with E-state index in [-0.39, 0.29) is 29.5 Å². The van der Waals surface area contributed by atoms with Crippen LogP contribution in [0, 0.1) is 5.92 Å². The highest BCUT2D eigenvalue weighted by Crippen LogP contribution is 2.24. The fourth-order valence-corrected chi connectivity index (χ4v) is 3.50. The molecule has 0 aliphatic carbocycles. The largest absolute Gasteiger partial charge is 0.477 e. The van der Waals surface area contributed by atoms with Crippen molar-refractivity contribution in [1.82, 2.24) is 9.55 Å². The number of pyridine rings is 2. The molecule has 0 radical (unpaired) electrons. The Balaban J connectivity index is 2.19. The van der Waals surface area contributed by atoms with Crippen molar-refractivity contribution in [2.45, 2.75) is 26.3 Å². The van der Waals surface area contributed by atoms with Gasteiger partial charge in [-0.1, -0.05) is 37.6 Å². The monoisotopic (exact) mass is 400 g/mol. The zero-order valence-corrected chi connectivity index (χ0v) is 16.3. The van der Waals surface area contributed by atoms with E-state index in [1.807, 2.05) is 32.0 Å². The van der Waals surface area contributed by atoms with Gasteiger partial charge in [0.25, 0.3) is 0 Å². The first-order chi connectivity index (χ1) is 13.3. The second-order valence-corrected chi connectivity index (χ2v) is 7.51. The lowest BCUT2D eigenvalue weighted by Gasteiger charge is -2.24. The van der Waals surface area contributed by atoms with Crippen molar-refractivity contribution in [2.75, 3.05) is 6.61 Å². The van der Waals surface area contributed by atoms with Crippen molar-refractivity contribution in [1.29, 1.82) is 0 Å². The first kappa shape index (κ1) is 20.0. The number of hydrogen-bond donors (Lipinski definition) is 2. The van der Waals surface area contributed by atoms with Crippen LogP contribution in [-0.4, -0.2) is 32.3 Å². The number of aliphatic hydroxyl groups excluding tert-OH is 1. The predicted molar refractivity (Wildman–Crippen MR) is 108 cm³/mol. The van der Waals surface area contributed by atoms with Crippen LogP contribution in [0.15, 0.2) is 47.5 Å². The van der Waals surface area contributed by atoms with Crippen LogP contribution in [-0.2, 0) is 6.42 Å². The highest BCUT2D eigenvalue weighted by atomic mass is 35.5. The first-order valence-electron chi connectivity index (χ1n) is 8.94. The minimum atomic E-state index is -1.30. The molecule has 3 aromatic rings. The molecule has 0 bridgehead atoms. The topological polar surface area (TPSA) is 92.4 Å². The average molecular weight is 401 g/mol. The maximum Gasteiger partial charge on any atom is 0.341 e. The van der Waals surface area contributed by atoms with E-state index in [9.17, 15) is 19.8 Å². The van der Waals surface area contributed by atoms with Crippen LogP contribution in [0.1, 0.15) is 41.5 Å². The molecule has 0 saturated heterocycles. The SMILES string of the molecule is CC(C)[C@@H](CO)n1cc(C(=O)O)c(=O)c2cc(Cc3cccc(Cl)c3)ncc21. The summed E-state index contributed by atoms with van der Waals surface area (Å²) in [7, 11) is 0. The Bertz CT molecular complexity index is 1090. The average Bonchev–Trinajstić information content (AvgIpc) is 2.63. The molecule has 1 atom stereocenters. The van der Waals surface area contributed by atoms with Crippen LogP contribution in [0.4, 0.5) is 0 Å². The predicted octanol–water partition coefficient (Wildman–Crippen LogP) is 3.53. The van der Waals surface area contributed by atoms with Gasteiger partial charge in [-0.3, -0.25) is 9.78 Å². The van der Waals surface area contributed by atoms with Gasteiger partial charge in [0.2, 0.25) is 5.43 Å². The zero-order valence-electron chi connectivity index (χ0n) is 15.6.